The first-order chi connectivity index (χ1) is 11.5. The average molecular weight is 345 g/mol. The fourth-order valence-electron chi connectivity index (χ4n) is 5.52. The molecule has 0 radical (unpaired) electrons. The van der Waals surface area contributed by atoms with Gasteiger partial charge >= 0.3 is 0 Å². The van der Waals surface area contributed by atoms with Crippen LogP contribution in [0.3, 0.4) is 0 Å². The van der Waals surface area contributed by atoms with Crippen molar-refractivity contribution in [3.05, 3.63) is 12.7 Å². The molecular formula is C18H23N3O2S. The van der Waals surface area contributed by atoms with Crippen molar-refractivity contribution < 1.29 is 9.59 Å². The van der Waals surface area contributed by atoms with Crippen molar-refractivity contribution in [2.24, 2.45) is 28.7 Å². The van der Waals surface area contributed by atoms with Gasteiger partial charge in [0.15, 0.2) is 11.0 Å². The monoisotopic (exact) mass is 345 g/mol. The largest absolute Gasteiger partial charge is 0.302 e. The summed E-state index contributed by atoms with van der Waals surface area (Å²) in [6.07, 6.45) is 10.6. The molecule has 5 fully saturated rings. The van der Waals surface area contributed by atoms with Gasteiger partial charge in [0.25, 0.3) is 0 Å². The molecule has 0 unspecified atom stereocenters. The van der Waals surface area contributed by atoms with Crippen molar-refractivity contribution in [2.45, 2.75) is 44.1 Å². The summed E-state index contributed by atoms with van der Waals surface area (Å²) >= 11 is 5.08. The lowest BCUT2D eigenvalue weighted by Gasteiger charge is -2.55. The quantitative estimate of drug-likeness (QED) is 0.367. The SMILES string of the molecule is C=CCN1C(=O)[C@@H](C=NC23CC4CC(CC(C4)C2)C3)C(=O)NC1=S. The molecule has 1 N–H and O–H groups in total. The highest BCUT2D eigenvalue weighted by Gasteiger charge is 2.51. The van der Waals surface area contributed by atoms with Gasteiger partial charge in [0.1, 0.15) is 0 Å². The van der Waals surface area contributed by atoms with Gasteiger partial charge in [0.05, 0.1) is 5.54 Å². The average Bonchev–Trinajstić information content (AvgIpc) is 2.49. The molecular weight excluding hydrogens is 322 g/mol. The molecule has 5 nitrogen and oxygen atoms in total. The maximum atomic E-state index is 12.6. The minimum Gasteiger partial charge on any atom is -0.302 e. The highest BCUT2D eigenvalue weighted by molar-refractivity contribution is 7.80. The van der Waals surface area contributed by atoms with Gasteiger partial charge in [-0.1, -0.05) is 6.08 Å². The number of nitrogens with zero attached hydrogens (tertiary/aromatic N) is 2. The molecule has 4 saturated carbocycles. The van der Waals surface area contributed by atoms with Crippen molar-refractivity contribution >= 4 is 35.4 Å². The molecule has 5 aliphatic rings. The van der Waals surface area contributed by atoms with Crippen LogP contribution in [0, 0.1) is 23.7 Å². The van der Waals surface area contributed by atoms with E-state index in [1.165, 1.54) is 24.2 Å². The molecule has 1 saturated heterocycles. The molecule has 24 heavy (non-hydrogen) atoms. The van der Waals surface area contributed by atoms with Gasteiger partial charge in [0.2, 0.25) is 11.8 Å². The molecule has 0 aromatic heterocycles. The van der Waals surface area contributed by atoms with Crippen LogP contribution in [0.1, 0.15) is 38.5 Å². The van der Waals surface area contributed by atoms with E-state index in [0.29, 0.717) is 6.54 Å². The third kappa shape index (κ3) is 2.61. The maximum Gasteiger partial charge on any atom is 0.247 e. The van der Waals surface area contributed by atoms with Crippen molar-refractivity contribution in [3.63, 3.8) is 0 Å². The van der Waals surface area contributed by atoms with Gasteiger partial charge in [-0.25, -0.2) is 0 Å². The van der Waals surface area contributed by atoms with Crippen molar-refractivity contribution in [1.29, 1.82) is 0 Å². The fourth-order valence-corrected chi connectivity index (χ4v) is 5.78. The first kappa shape index (κ1) is 15.9. The lowest BCUT2D eigenvalue weighted by atomic mass is 9.53. The van der Waals surface area contributed by atoms with Crippen molar-refractivity contribution in [3.8, 4) is 0 Å². The van der Waals surface area contributed by atoms with Crippen LogP contribution < -0.4 is 5.32 Å². The van der Waals surface area contributed by atoms with Gasteiger partial charge in [-0.05, 0) is 68.5 Å². The summed E-state index contributed by atoms with van der Waals surface area (Å²) in [5.41, 5.74) is -0.0312. The van der Waals surface area contributed by atoms with E-state index in [4.69, 9.17) is 17.2 Å². The van der Waals surface area contributed by atoms with Crippen molar-refractivity contribution in [1.82, 2.24) is 10.2 Å². The van der Waals surface area contributed by atoms with E-state index >= 15 is 0 Å². The first-order valence-electron chi connectivity index (χ1n) is 8.82. The van der Waals surface area contributed by atoms with Gasteiger partial charge in [-0.3, -0.25) is 19.5 Å². The third-order valence-corrected chi connectivity index (χ3v) is 6.43. The molecule has 1 aliphatic heterocycles. The zero-order valence-electron chi connectivity index (χ0n) is 13.7. The number of amides is 2. The Morgan fingerprint density at radius 2 is 1.79 bits per heavy atom. The van der Waals surface area contributed by atoms with Crippen LogP contribution in [0.15, 0.2) is 17.6 Å². The second-order valence-corrected chi connectivity index (χ2v) is 8.32. The zero-order chi connectivity index (χ0) is 16.9. The van der Waals surface area contributed by atoms with Gasteiger partial charge in [0, 0.05) is 12.8 Å². The van der Waals surface area contributed by atoms with Crippen LogP contribution in [0.5, 0.6) is 0 Å². The van der Waals surface area contributed by atoms with Crippen LogP contribution in [0.25, 0.3) is 0 Å². The number of aliphatic imine (C=N–C) groups is 1. The van der Waals surface area contributed by atoms with E-state index in [0.717, 1.165) is 37.0 Å². The third-order valence-electron chi connectivity index (χ3n) is 6.10. The maximum absolute atomic E-state index is 12.6. The lowest BCUT2D eigenvalue weighted by Crippen LogP contribution is -2.58. The summed E-state index contributed by atoms with van der Waals surface area (Å²) in [4.78, 5) is 31.1. The number of hydrogen-bond donors (Lipinski definition) is 1. The topological polar surface area (TPSA) is 61.8 Å². The summed E-state index contributed by atoms with van der Waals surface area (Å²) in [6.45, 7) is 3.95. The number of nitrogens with one attached hydrogen (secondary N) is 1. The summed E-state index contributed by atoms with van der Waals surface area (Å²) in [6, 6.07) is 0. The molecule has 2 amide bonds. The molecule has 0 spiro atoms. The van der Waals surface area contributed by atoms with Crippen LogP contribution in [0.2, 0.25) is 0 Å². The normalized spacial score (nSPS) is 41.2. The Kier molecular flexibility index (Phi) is 3.82. The minimum atomic E-state index is -0.871. The standard InChI is InChI=1S/C18H23N3O2S/c1-2-3-21-16(23)14(15(22)20-17(21)24)10-19-18-7-11-4-12(8-18)6-13(5-11)9-18/h2,10-14H,1,3-9H2,(H,20,22,24)/t11?,12?,13?,14-,18?/m0/s1. The number of thiocarbonyl (C=S) groups is 1. The van der Waals surface area contributed by atoms with Crippen molar-refractivity contribution in [2.75, 3.05) is 6.54 Å². The molecule has 5 rings (SSSR count). The molecule has 128 valence electrons. The molecule has 1 atom stereocenters. The Balaban J connectivity index is 1.54. The number of hydrogen-bond acceptors (Lipinski definition) is 4. The Bertz CT molecular complexity index is 607. The predicted molar refractivity (Wildman–Crippen MR) is 95.5 cm³/mol. The zero-order valence-corrected chi connectivity index (χ0v) is 14.6. The number of carbonyl (C=O) groups excluding carboxylic acids is 2. The second kappa shape index (κ2) is 5.76. The lowest BCUT2D eigenvalue weighted by molar-refractivity contribution is -0.137. The predicted octanol–water partition coefficient (Wildman–Crippen LogP) is 2.07. The molecule has 4 bridgehead atoms. The Morgan fingerprint density at radius 3 is 2.33 bits per heavy atom. The molecule has 1 heterocycles. The van der Waals surface area contributed by atoms with Gasteiger partial charge in [-0.15, -0.1) is 6.58 Å². The second-order valence-electron chi connectivity index (χ2n) is 7.93. The number of rotatable bonds is 4. The van der Waals surface area contributed by atoms with Crippen LogP contribution >= 0.6 is 12.2 Å². The van der Waals surface area contributed by atoms with Crippen LogP contribution in [-0.2, 0) is 9.59 Å². The van der Waals surface area contributed by atoms with E-state index in [1.807, 2.05) is 0 Å². The fraction of sp³-hybridized carbons (Fsp3) is 0.667. The highest BCUT2D eigenvalue weighted by Crippen LogP contribution is 2.57. The van der Waals surface area contributed by atoms with E-state index in [1.54, 1.807) is 12.3 Å². The molecule has 0 aromatic carbocycles. The van der Waals surface area contributed by atoms with Gasteiger partial charge in [-0.2, -0.15) is 0 Å². The summed E-state index contributed by atoms with van der Waals surface area (Å²) in [5, 5.41) is 2.77. The number of carbonyl (C=O) groups is 2. The van der Waals surface area contributed by atoms with E-state index in [-0.39, 0.29) is 22.5 Å². The van der Waals surface area contributed by atoms with Gasteiger partial charge < -0.3 is 5.32 Å². The van der Waals surface area contributed by atoms with Crippen LogP contribution in [0.4, 0.5) is 0 Å². The highest BCUT2D eigenvalue weighted by atomic mass is 32.1. The molecule has 0 aromatic rings. The summed E-state index contributed by atoms with van der Waals surface area (Å²) in [5.74, 6) is 0.831. The van der Waals surface area contributed by atoms with E-state index in [2.05, 4.69) is 11.9 Å². The molecule has 6 heteroatoms. The Hall–Kier alpha value is -1.56. The summed E-state index contributed by atoms with van der Waals surface area (Å²) < 4.78 is 0. The van der Waals surface area contributed by atoms with E-state index < -0.39 is 5.92 Å². The van der Waals surface area contributed by atoms with E-state index in [9.17, 15) is 9.59 Å². The van der Waals surface area contributed by atoms with Crippen LogP contribution in [-0.4, -0.2) is 40.1 Å². The first-order valence-corrected chi connectivity index (χ1v) is 9.23. The smallest absolute Gasteiger partial charge is 0.247 e. The molecule has 4 aliphatic carbocycles. The minimum absolute atomic E-state index is 0.0312. The Morgan fingerprint density at radius 1 is 1.21 bits per heavy atom. The Labute approximate surface area is 147 Å². The summed E-state index contributed by atoms with van der Waals surface area (Å²) in [7, 11) is 0.